The smallest absolute Gasteiger partial charge is 0.387 e. The van der Waals surface area contributed by atoms with Gasteiger partial charge in [-0.3, -0.25) is 4.74 Å². The van der Waals surface area contributed by atoms with Crippen LogP contribution in [0, 0.1) is 5.92 Å². The third kappa shape index (κ3) is 4.79. The van der Waals surface area contributed by atoms with Crippen molar-refractivity contribution in [3.8, 4) is 0 Å². The summed E-state index contributed by atoms with van der Waals surface area (Å²) >= 11 is 0. The lowest BCUT2D eigenvalue weighted by Gasteiger charge is -2.32. The number of nitrogens with one attached hydrogen (secondary N) is 1. The van der Waals surface area contributed by atoms with Crippen molar-refractivity contribution in [1.82, 2.24) is 15.3 Å². The first kappa shape index (κ1) is 22.6. The van der Waals surface area contributed by atoms with E-state index in [9.17, 15) is 23.1 Å². The first-order valence-electron chi connectivity index (χ1n) is 9.95. The molecule has 2 N–H and O–H groups in total. The molecule has 6 nitrogen and oxygen atoms in total. The zero-order valence-corrected chi connectivity index (χ0v) is 17.1. The fraction of sp³-hybridized carbons (Fsp3) is 0.571. The number of aromatic nitrogens is 2. The van der Waals surface area contributed by atoms with Crippen LogP contribution in [0.3, 0.4) is 0 Å². The molecular weight excluding hydrogens is 399 g/mol. The van der Waals surface area contributed by atoms with Crippen LogP contribution in [0.4, 0.5) is 13.2 Å². The zero-order valence-electron chi connectivity index (χ0n) is 17.1. The third-order valence-electron chi connectivity index (χ3n) is 5.47. The van der Waals surface area contributed by atoms with Crippen LogP contribution in [-0.4, -0.2) is 40.3 Å². The van der Waals surface area contributed by atoms with Gasteiger partial charge in [0, 0.05) is 25.2 Å². The van der Waals surface area contributed by atoms with Crippen molar-refractivity contribution in [2.45, 2.75) is 63.6 Å². The summed E-state index contributed by atoms with van der Waals surface area (Å²) in [7, 11) is 0. The molecule has 0 fully saturated rings. The Balaban J connectivity index is 1.92. The molecule has 0 spiro atoms. The molecule has 1 aromatic rings. The molecule has 2 aliphatic carbocycles. The van der Waals surface area contributed by atoms with Crippen molar-refractivity contribution in [2.24, 2.45) is 5.92 Å². The van der Waals surface area contributed by atoms with Crippen LogP contribution in [0.1, 0.15) is 62.7 Å². The summed E-state index contributed by atoms with van der Waals surface area (Å²) in [6.45, 7) is 6.16. The van der Waals surface area contributed by atoms with E-state index >= 15 is 0 Å². The number of aliphatic hydroxyl groups excluding tert-OH is 1. The van der Waals surface area contributed by atoms with Crippen molar-refractivity contribution < 1.29 is 27.8 Å². The molecule has 0 bridgehead atoms. The monoisotopic (exact) mass is 425 g/mol. The molecule has 4 atom stereocenters. The summed E-state index contributed by atoms with van der Waals surface area (Å²) < 4.78 is 44.3. The standard InChI is InChI=1S/C21H26F3N3O3/c1-12(2)25-9-15(11-28)14-4-6-20(7-5-14,30-21(22,23)24)19-26-10-16-13(3)8-17(29)18(16)27-19/h4-6,10-13,15,17,25,29H,7-9H2,1-3H3/t13-,15?,17-,20?/m1/s1. The third-order valence-corrected chi connectivity index (χ3v) is 5.47. The van der Waals surface area contributed by atoms with Crippen molar-refractivity contribution >= 4 is 6.29 Å². The Morgan fingerprint density at radius 1 is 1.43 bits per heavy atom. The Hall–Kier alpha value is -2.10. The number of carbonyl (C=O) groups excluding carboxylic acids is 1. The molecule has 164 valence electrons. The molecule has 30 heavy (non-hydrogen) atoms. The average molecular weight is 425 g/mol. The number of rotatable bonds is 7. The van der Waals surface area contributed by atoms with Crippen LogP contribution in [0.2, 0.25) is 0 Å². The zero-order chi connectivity index (χ0) is 22.1. The quantitative estimate of drug-likeness (QED) is 0.651. The lowest BCUT2D eigenvalue weighted by Crippen LogP contribution is -2.38. The van der Waals surface area contributed by atoms with E-state index in [0.29, 0.717) is 24.2 Å². The maximum absolute atomic E-state index is 13.3. The van der Waals surface area contributed by atoms with Gasteiger partial charge in [-0.15, -0.1) is 13.2 Å². The summed E-state index contributed by atoms with van der Waals surface area (Å²) in [5.74, 6) is -0.629. The molecule has 1 aromatic heterocycles. The summed E-state index contributed by atoms with van der Waals surface area (Å²) in [6, 6.07) is 0.168. The maximum Gasteiger partial charge on any atom is 0.523 e. The first-order valence-corrected chi connectivity index (χ1v) is 9.95. The number of allylic oxidation sites excluding steroid dienone is 1. The maximum atomic E-state index is 13.3. The van der Waals surface area contributed by atoms with E-state index in [0.717, 1.165) is 11.8 Å². The second kappa shape index (κ2) is 8.56. The first-order chi connectivity index (χ1) is 14.0. The molecule has 0 aromatic carbocycles. The van der Waals surface area contributed by atoms with Gasteiger partial charge < -0.3 is 15.2 Å². The summed E-state index contributed by atoms with van der Waals surface area (Å²) in [4.78, 5) is 19.9. The lowest BCUT2D eigenvalue weighted by atomic mass is 9.86. The summed E-state index contributed by atoms with van der Waals surface area (Å²) in [6.07, 6.45) is 1.01. The number of nitrogens with zero attached hydrogens (tertiary/aromatic N) is 2. The average Bonchev–Trinajstić information content (AvgIpc) is 2.95. The number of alkyl halides is 3. The predicted octanol–water partition coefficient (Wildman–Crippen LogP) is 3.45. The van der Waals surface area contributed by atoms with Crippen molar-refractivity contribution in [3.63, 3.8) is 0 Å². The normalized spacial score (nSPS) is 27.1. The number of fused-ring (bicyclic) bond motifs is 1. The number of hydrogen-bond acceptors (Lipinski definition) is 6. The molecule has 0 amide bonds. The second-order valence-electron chi connectivity index (χ2n) is 8.17. The number of hydrogen-bond donors (Lipinski definition) is 2. The van der Waals surface area contributed by atoms with Crippen LogP contribution >= 0.6 is 0 Å². The molecular formula is C21H26F3N3O3. The van der Waals surface area contributed by atoms with Crippen LogP contribution < -0.4 is 5.32 Å². The van der Waals surface area contributed by atoms with Crippen LogP contribution in [-0.2, 0) is 15.1 Å². The minimum absolute atomic E-state index is 0.0266. The van der Waals surface area contributed by atoms with Crippen molar-refractivity contribution in [2.75, 3.05) is 6.54 Å². The molecule has 0 saturated heterocycles. The highest BCUT2D eigenvalue weighted by Gasteiger charge is 2.46. The highest BCUT2D eigenvalue weighted by molar-refractivity contribution is 5.61. The predicted molar refractivity (Wildman–Crippen MR) is 103 cm³/mol. The molecule has 3 rings (SSSR count). The van der Waals surface area contributed by atoms with Crippen LogP contribution in [0.25, 0.3) is 0 Å². The molecule has 9 heteroatoms. The summed E-state index contributed by atoms with van der Waals surface area (Å²) in [5.41, 5.74) is -0.284. The SMILES string of the molecule is CC(C)NCC(C=O)C1=CCC(OC(F)(F)F)(c2ncc3c(n2)[C@H](O)C[C@H]3C)C=C1. The van der Waals surface area contributed by atoms with Gasteiger partial charge in [-0.2, -0.15) is 0 Å². The summed E-state index contributed by atoms with van der Waals surface area (Å²) in [5, 5.41) is 13.4. The Labute approximate surface area is 173 Å². The van der Waals surface area contributed by atoms with E-state index < -0.39 is 24.0 Å². The number of ether oxygens (including phenoxy) is 1. The van der Waals surface area contributed by atoms with Gasteiger partial charge >= 0.3 is 6.36 Å². The van der Waals surface area contributed by atoms with Crippen molar-refractivity contribution in [3.05, 3.63) is 47.1 Å². The number of aliphatic hydroxyl groups is 1. The van der Waals surface area contributed by atoms with E-state index in [4.69, 9.17) is 0 Å². The molecule has 1 heterocycles. The van der Waals surface area contributed by atoms with E-state index in [2.05, 4.69) is 20.0 Å². The van der Waals surface area contributed by atoms with Gasteiger partial charge in [-0.25, -0.2) is 9.97 Å². The topological polar surface area (TPSA) is 84.3 Å². The molecule has 0 radical (unpaired) electrons. The Morgan fingerprint density at radius 2 is 2.17 bits per heavy atom. The number of halogens is 3. The Morgan fingerprint density at radius 3 is 2.73 bits per heavy atom. The highest BCUT2D eigenvalue weighted by Crippen LogP contribution is 2.43. The van der Waals surface area contributed by atoms with Gasteiger partial charge in [0.05, 0.1) is 17.7 Å². The number of aldehydes is 1. The highest BCUT2D eigenvalue weighted by atomic mass is 19.4. The Bertz CT molecular complexity index is 854. The Kier molecular flexibility index (Phi) is 6.45. The second-order valence-corrected chi connectivity index (χ2v) is 8.17. The molecule has 0 saturated carbocycles. The molecule has 0 aliphatic heterocycles. The van der Waals surface area contributed by atoms with Gasteiger partial charge in [0.25, 0.3) is 0 Å². The number of carbonyl (C=O) groups is 1. The van der Waals surface area contributed by atoms with E-state index in [1.807, 2.05) is 20.8 Å². The fourth-order valence-electron chi connectivity index (χ4n) is 3.84. The van der Waals surface area contributed by atoms with Gasteiger partial charge in [0.2, 0.25) is 0 Å². The van der Waals surface area contributed by atoms with E-state index in [1.54, 1.807) is 6.08 Å². The minimum atomic E-state index is -4.92. The van der Waals surface area contributed by atoms with Crippen molar-refractivity contribution in [1.29, 1.82) is 0 Å². The van der Waals surface area contributed by atoms with E-state index in [-0.39, 0.29) is 24.2 Å². The fourth-order valence-corrected chi connectivity index (χ4v) is 3.84. The lowest BCUT2D eigenvalue weighted by molar-refractivity contribution is -0.362. The minimum Gasteiger partial charge on any atom is -0.387 e. The van der Waals surface area contributed by atoms with Gasteiger partial charge in [0.15, 0.2) is 11.4 Å². The van der Waals surface area contributed by atoms with Crippen LogP contribution in [0.15, 0.2) is 30.0 Å². The van der Waals surface area contributed by atoms with Gasteiger partial charge in [-0.1, -0.05) is 32.9 Å². The van der Waals surface area contributed by atoms with Gasteiger partial charge in [-0.05, 0) is 29.6 Å². The van der Waals surface area contributed by atoms with Crippen LogP contribution in [0.5, 0.6) is 0 Å². The largest absolute Gasteiger partial charge is 0.523 e. The van der Waals surface area contributed by atoms with Gasteiger partial charge in [0.1, 0.15) is 6.29 Å². The molecule has 2 aliphatic rings. The molecule has 2 unspecified atom stereocenters. The van der Waals surface area contributed by atoms with E-state index in [1.165, 1.54) is 18.3 Å².